The number of para-hydroxylation sites is 2. The summed E-state index contributed by atoms with van der Waals surface area (Å²) in [5.41, 5.74) is 5.29. The van der Waals surface area contributed by atoms with Gasteiger partial charge in [0.25, 0.3) is 5.91 Å². The number of nitrogens with one attached hydrogen (secondary N) is 1. The number of hydrogen-bond donors (Lipinski definition) is 1. The fourth-order valence-electron chi connectivity index (χ4n) is 5.12. The number of aromatic nitrogens is 1. The van der Waals surface area contributed by atoms with Crippen molar-refractivity contribution in [2.45, 2.75) is 38.9 Å². The molecular weight excluding hydrogens is 388 g/mol. The molecule has 1 N–H and O–H groups in total. The first kappa shape index (κ1) is 19.7. The first-order chi connectivity index (χ1) is 15.1. The Bertz CT molecular complexity index is 1170. The highest BCUT2D eigenvalue weighted by Gasteiger charge is 2.42. The van der Waals surface area contributed by atoms with Gasteiger partial charge in [-0.15, -0.1) is 0 Å². The summed E-state index contributed by atoms with van der Waals surface area (Å²) in [7, 11) is 2.06. The number of aryl methyl sites for hydroxylation is 1. The lowest BCUT2D eigenvalue weighted by molar-refractivity contribution is -0.121. The number of nitrogens with zero attached hydrogens (tertiary/aromatic N) is 3. The maximum atomic E-state index is 13.3. The van der Waals surface area contributed by atoms with Crippen molar-refractivity contribution >= 4 is 28.4 Å². The number of hydrogen-bond acceptors (Lipinski definition) is 3. The average molecular weight is 417 g/mol. The molecule has 0 spiro atoms. The van der Waals surface area contributed by atoms with Crippen molar-refractivity contribution < 1.29 is 9.59 Å². The zero-order valence-corrected chi connectivity index (χ0v) is 18.1. The van der Waals surface area contributed by atoms with E-state index >= 15 is 0 Å². The molecular formula is C25H28N4O2. The Labute approximate surface area is 182 Å². The van der Waals surface area contributed by atoms with Crippen LogP contribution in [0.25, 0.3) is 10.9 Å². The van der Waals surface area contributed by atoms with Gasteiger partial charge in [-0.1, -0.05) is 37.3 Å². The molecule has 1 unspecified atom stereocenters. The lowest BCUT2D eigenvalue weighted by Crippen LogP contribution is -2.51. The Kier molecular flexibility index (Phi) is 4.93. The minimum atomic E-state index is -0.169. The second-order valence-corrected chi connectivity index (χ2v) is 8.38. The highest BCUT2D eigenvalue weighted by molar-refractivity contribution is 6.02. The molecule has 1 aromatic heterocycles. The summed E-state index contributed by atoms with van der Waals surface area (Å²) in [4.78, 5) is 29.9. The van der Waals surface area contributed by atoms with Gasteiger partial charge in [0.2, 0.25) is 5.91 Å². The van der Waals surface area contributed by atoms with Crippen molar-refractivity contribution in [1.82, 2.24) is 14.8 Å². The van der Waals surface area contributed by atoms with Crippen molar-refractivity contribution in [2.24, 2.45) is 0 Å². The van der Waals surface area contributed by atoms with Crippen LogP contribution >= 0.6 is 0 Å². The topological polar surface area (TPSA) is 57.6 Å². The molecule has 3 heterocycles. The van der Waals surface area contributed by atoms with E-state index in [0.29, 0.717) is 26.1 Å². The minimum absolute atomic E-state index is 0.0690. The lowest BCUT2D eigenvalue weighted by atomic mass is 9.96. The van der Waals surface area contributed by atoms with Crippen LogP contribution in [0.1, 0.15) is 47.5 Å². The summed E-state index contributed by atoms with van der Waals surface area (Å²) in [6.07, 6.45) is 2.00. The molecule has 0 aliphatic carbocycles. The van der Waals surface area contributed by atoms with E-state index in [9.17, 15) is 9.59 Å². The number of fused-ring (bicyclic) bond motifs is 6. The SMILES string of the molecule is CCCNC(=O)CCn1c2c(c3ccccc31)CCN1C(=O)c3ccccc3N(C)C21. The van der Waals surface area contributed by atoms with E-state index in [0.717, 1.165) is 35.3 Å². The molecule has 0 fully saturated rings. The highest BCUT2D eigenvalue weighted by atomic mass is 16.2. The van der Waals surface area contributed by atoms with Crippen LogP contribution in [0, 0.1) is 0 Å². The van der Waals surface area contributed by atoms with Crippen LogP contribution < -0.4 is 10.2 Å². The van der Waals surface area contributed by atoms with Gasteiger partial charge in [-0.25, -0.2) is 0 Å². The maximum Gasteiger partial charge on any atom is 0.257 e. The standard InChI is InChI=1S/C25H28N4O2/c1-3-14-26-22(30)13-16-28-21-11-7-4-8-17(21)18-12-15-29-24(23(18)28)27(2)20-10-6-5-9-19(20)25(29)31/h4-11,24H,3,12-16H2,1-2H3,(H,26,30). The zero-order chi connectivity index (χ0) is 21.5. The van der Waals surface area contributed by atoms with E-state index in [2.05, 4.69) is 47.0 Å². The molecule has 6 heteroatoms. The Morgan fingerprint density at radius 1 is 1.13 bits per heavy atom. The van der Waals surface area contributed by atoms with Crippen LogP contribution in [0.4, 0.5) is 5.69 Å². The molecule has 31 heavy (non-hydrogen) atoms. The van der Waals surface area contributed by atoms with Crippen LogP contribution in [-0.2, 0) is 17.8 Å². The number of carbonyl (C=O) groups excluding carboxylic acids is 2. The fourth-order valence-corrected chi connectivity index (χ4v) is 5.12. The van der Waals surface area contributed by atoms with Gasteiger partial charge < -0.3 is 19.7 Å². The van der Waals surface area contributed by atoms with Crippen molar-refractivity contribution in [2.75, 3.05) is 25.0 Å². The summed E-state index contributed by atoms with van der Waals surface area (Å²) in [6, 6.07) is 16.2. The van der Waals surface area contributed by atoms with Gasteiger partial charge in [0.05, 0.1) is 16.9 Å². The number of rotatable bonds is 5. The molecule has 0 saturated heterocycles. The molecule has 0 radical (unpaired) electrons. The Balaban J connectivity index is 1.61. The van der Waals surface area contributed by atoms with Crippen LogP contribution in [0.15, 0.2) is 48.5 Å². The molecule has 3 aromatic rings. The molecule has 1 atom stereocenters. The van der Waals surface area contributed by atoms with Gasteiger partial charge in [0.15, 0.2) is 0 Å². The Morgan fingerprint density at radius 3 is 2.74 bits per heavy atom. The minimum Gasteiger partial charge on any atom is -0.356 e. The van der Waals surface area contributed by atoms with Crippen molar-refractivity contribution in [3.8, 4) is 0 Å². The first-order valence-electron chi connectivity index (χ1n) is 11.1. The molecule has 0 saturated carbocycles. The number of anilines is 1. The molecule has 2 aromatic carbocycles. The molecule has 5 rings (SSSR count). The van der Waals surface area contributed by atoms with E-state index in [-0.39, 0.29) is 18.0 Å². The van der Waals surface area contributed by atoms with Gasteiger partial charge in [-0.3, -0.25) is 9.59 Å². The highest BCUT2D eigenvalue weighted by Crippen LogP contribution is 2.44. The molecule has 2 aliphatic rings. The summed E-state index contributed by atoms with van der Waals surface area (Å²) >= 11 is 0. The van der Waals surface area contributed by atoms with Crippen LogP contribution in [0.5, 0.6) is 0 Å². The first-order valence-corrected chi connectivity index (χ1v) is 11.1. The molecule has 2 aliphatic heterocycles. The predicted octanol–water partition coefficient (Wildman–Crippen LogP) is 3.70. The largest absolute Gasteiger partial charge is 0.356 e. The summed E-state index contributed by atoms with van der Waals surface area (Å²) < 4.78 is 2.27. The Morgan fingerprint density at radius 2 is 1.90 bits per heavy atom. The molecule has 0 bridgehead atoms. The molecule has 160 valence electrons. The number of benzene rings is 2. The van der Waals surface area contributed by atoms with Gasteiger partial charge in [0.1, 0.15) is 6.17 Å². The number of carbonyl (C=O) groups is 2. The molecule has 2 amide bonds. The van der Waals surface area contributed by atoms with E-state index < -0.39 is 0 Å². The Hall–Kier alpha value is -3.28. The van der Waals surface area contributed by atoms with E-state index in [1.54, 1.807) is 0 Å². The van der Waals surface area contributed by atoms with Crippen molar-refractivity contribution in [3.05, 3.63) is 65.4 Å². The van der Waals surface area contributed by atoms with E-state index in [4.69, 9.17) is 0 Å². The van der Waals surface area contributed by atoms with E-state index in [1.165, 1.54) is 10.9 Å². The van der Waals surface area contributed by atoms with Gasteiger partial charge in [0, 0.05) is 44.0 Å². The van der Waals surface area contributed by atoms with Gasteiger partial charge in [-0.05, 0) is 36.6 Å². The second-order valence-electron chi connectivity index (χ2n) is 8.38. The summed E-state index contributed by atoms with van der Waals surface area (Å²) in [6.45, 7) is 4.05. The normalized spacial score (nSPS) is 17.4. The smallest absolute Gasteiger partial charge is 0.257 e. The van der Waals surface area contributed by atoms with Crippen LogP contribution in [-0.4, -0.2) is 41.4 Å². The van der Waals surface area contributed by atoms with Crippen LogP contribution in [0.2, 0.25) is 0 Å². The van der Waals surface area contributed by atoms with Crippen molar-refractivity contribution in [3.63, 3.8) is 0 Å². The maximum absolute atomic E-state index is 13.3. The summed E-state index contributed by atoms with van der Waals surface area (Å²) in [5, 5.41) is 4.21. The second kappa shape index (κ2) is 7.76. The van der Waals surface area contributed by atoms with E-state index in [1.807, 2.05) is 35.2 Å². The van der Waals surface area contributed by atoms with Crippen LogP contribution in [0.3, 0.4) is 0 Å². The lowest BCUT2D eigenvalue weighted by Gasteiger charge is -2.46. The summed E-state index contributed by atoms with van der Waals surface area (Å²) in [5.74, 6) is 0.154. The van der Waals surface area contributed by atoms with Crippen molar-refractivity contribution in [1.29, 1.82) is 0 Å². The third kappa shape index (κ3) is 3.09. The third-order valence-corrected chi connectivity index (χ3v) is 6.54. The fraction of sp³-hybridized carbons (Fsp3) is 0.360. The predicted molar refractivity (Wildman–Crippen MR) is 122 cm³/mol. The van der Waals surface area contributed by atoms with Gasteiger partial charge >= 0.3 is 0 Å². The zero-order valence-electron chi connectivity index (χ0n) is 18.1. The number of amides is 2. The quantitative estimate of drug-likeness (QED) is 0.690. The monoisotopic (exact) mass is 416 g/mol. The van der Waals surface area contributed by atoms with Gasteiger partial charge in [-0.2, -0.15) is 0 Å². The third-order valence-electron chi connectivity index (χ3n) is 6.54. The average Bonchev–Trinajstić information content (AvgIpc) is 3.13. The molecule has 6 nitrogen and oxygen atoms in total.